The molecule has 2 aromatic rings. The van der Waals surface area contributed by atoms with Crippen LogP contribution >= 0.6 is 0 Å². The zero-order valence-electron chi connectivity index (χ0n) is 11.1. The topological polar surface area (TPSA) is 93.2 Å². The van der Waals surface area contributed by atoms with Gasteiger partial charge in [0.15, 0.2) is 0 Å². The fourth-order valence-electron chi connectivity index (χ4n) is 1.97. The number of unbranched alkanes of at least 4 members (excludes halogenated alkanes) is 1. The summed E-state index contributed by atoms with van der Waals surface area (Å²) in [5.41, 5.74) is 6.91. The van der Waals surface area contributed by atoms with Gasteiger partial charge in [-0.1, -0.05) is 6.07 Å². The van der Waals surface area contributed by atoms with Crippen LogP contribution in [0.4, 0.5) is 11.4 Å². The van der Waals surface area contributed by atoms with Gasteiger partial charge in [0.1, 0.15) is 0 Å². The van der Waals surface area contributed by atoms with E-state index < -0.39 is 5.97 Å². The van der Waals surface area contributed by atoms with Crippen molar-refractivity contribution in [2.45, 2.75) is 19.4 Å². The van der Waals surface area contributed by atoms with Gasteiger partial charge in [-0.3, -0.25) is 0 Å². The van der Waals surface area contributed by atoms with Gasteiger partial charge in [-0.15, -0.1) is 0 Å². The van der Waals surface area contributed by atoms with Crippen molar-refractivity contribution in [2.75, 3.05) is 17.6 Å². The van der Waals surface area contributed by atoms with E-state index in [0.29, 0.717) is 5.69 Å². The molecule has 0 aliphatic heterocycles. The van der Waals surface area contributed by atoms with Crippen molar-refractivity contribution in [3.63, 3.8) is 0 Å². The first-order valence-corrected chi connectivity index (χ1v) is 6.50. The highest BCUT2D eigenvalue weighted by Gasteiger charge is 2.10. The number of nitrogens with two attached hydrogens (primary N) is 1. The van der Waals surface area contributed by atoms with E-state index in [1.54, 1.807) is 24.7 Å². The highest BCUT2D eigenvalue weighted by molar-refractivity contribution is 5.97. The van der Waals surface area contributed by atoms with Crippen LogP contribution in [0.5, 0.6) is 0 Å². The summed E-state index contributed by atoms with van der Waals surface area (Å²) in [5, 5.41) is 12.2. The van der Waals surface area contributed by atoms with Gasteiger partial charge in [-0.25, -0.2) is 9.78 Å². The number of benzene rings is 1. The highest BCUT2D eigenvalue weighted by atomic mass is 16.4. The lowest BCUT2D eigenvalue weighted by atomic mass is 10.1. The number of anilines is 2. The molecule has 0 spiro atoms. The van der Waals surface area contributed by atoms with Gasteiger partial charge in [0.05, 0.1) is 23.3 Å². The Kier molecular flexibility index (Phi) is 4.60. The molecular formula is C14H18N4O2. The second-order valence-electron chi connectivity index (χ2n) is 4.51. The van der Waals surface area contributed by atoms with Crippen molar-refractivity contribution in [1.82, 2.24) is 9.55 Å². The van der Waals surface area contributed by atoms with E-state index in [4.69, 9.17) is 10.8 Å². The van der Waals surface area contributed by atoms with Gasteiger partial charge < -0.3 is 20.7 Å². The molecule has 0 saturated heterocycles. The number of aromatic carboxylic acids is 1. The minimum absolute atomic E-state index is 0.133. The summed E-state index contributed by atoms with van der Waals surface area (Å²) in [6, 6.07) is 4.98. The number of aryl methyl sites for hydroxylation is 1. The number of nitrogens with one attached hydrogen (secondary N) is 1. The third-order valence-corrected chi connectivity index (χ3v) is 3.05. The van der Waals surface area contributed by atoms with E-state index >= 15 is 0 Å². The molecule has 2 rings (SSSR count). The van der Waals surface area contributed by atoms with Crippen molar-refractivity contribution in [3.8, 4) is 0 Å². The molecule has 0 radical (unpaired) electrons. The van der Waals surface area contributed by atoms with Gasteiger partial charge in [0.2, 0.25) is 0 Å². The Hall–Kier alpha value is -2.50. The number of hydrogen-bond donors (Lipinski definition) is 3. The van der Waals surface area contributed by atoms with E-state index in [2.05, 4.69) is 10.3 Å². The number of carboxylic acid groups (broad SMARTS) is 1. The number of aromatic nitrogens is 2. The van der Waals surface area contributed by atoms with E-state index in [1.807, 2.05) is 10.8 Å². The number of carboxylic acids is 1. The molecule has 1 aromatic carbocycles. The molecule has 6 nitrogen and oxygen atoms in total. The van der Waals surface area contributed by atoms with Crippen LogP contribution in [0.2, 0.25) is 0 Å². The normalized spacial score (nSPS) is 10.4. The number of carbonyl (C=O) groups is 1. The molecule has 0 amide bonds. The van der Waals surface area contributed by atoms with Crippen LogP contribution in [-0.2, 0) is 6.54 Å². The summed E-state index contributed by atoms with van der Waals surface area (Å²) in [4.78, 5) is 14.9. The van der Waals surface area contributed by atoms with Crippen molar-refractivity contribution < 1.29 is 9.90 Å². The van der Waals surface area contributed by atoms with E-state index in [0.717, 1.165) is 25.9 Å². The Morgan fingerprint density at radius 3 is 2.95 bits per heavy atom. The van der Waals surface area contributed by atoms with Gasteiger partial charge in [-0.2, -0.15) is 0 Å². The minimum atomic E-state index is -1.01. The fourth-order valence-corrected chi connectivity index (χ4v) is 1.97. The largest absolute Gasteiger partial charge is 0.478 e. The monoisotopic (exact) mass is 274 g/mol. The first-order chi connectivity index (χ1) is 9.68. The van der Waals surface area contributed by atoms with Crippen molar-refractivity contribution in [1.29, 1.82) is 0 Å². The molecule has 0 atom stereocenters. The van der Waals surface area contributed by atoms with Crippen LogP contribution in [0.1, 0.15) is 23.2 Å². The number of nitrogens with zero attached hydrogens (tertiary/aromatic N) is 2. The van der Waals surface area contributed by atoms with E-state index in [9.17, 15) is 4.79 Å². The second kappa shape index (κ2) is 6.60. The summed E-state index contributed by atoms with van der Waals surface area (Å²) >= 11 is 0. The molecule has 1 aromatic heterocycles. The van der Waals surface area contributed by atoms with Crippen LogP contribution < -0.4 is 11.1 Å². The fraction of sp³-hybridized carbons (Fsp3) is 0.286. The average molecular weight is 274 g/mol. The second-order valence-corrected chi connectivity index (χ2v) is 4.51. The Balaban J connectivity index is 1.79. The molecule has 0 saturated carbocycles. The Morgan fingerprint density at radius 1 is 1.40 bits per heavy atom. The van der Waals surface area contributed by atoms with Crippen molar-refractivity contribution >= 4 is 17.3 Å². The van der Waals surface area contributed by atoms with Crippen LogP contribution in [0.3, 0.4) is 0 Å². The number of rotatable bonds is 7. The minimum Gasteiger partial charge on any atom is -0.478 e. The third kappa shape index (κ3) is 3.50. The quantitative estimate of drug-likeness (QED) is 0.531. The number of para-hydroxylation sites is 1. The Labute approximate surface area is 117 Å². The maximum absolute atomic E-state index is 11.0. The average Bonchev–Trinajstić information content (AvgIpc) is 2.93. The lowest BCUT2D eigenvalue weighted by Crippen LogP contribution is -2.09. The predicted octanol–water partition coefficient (Wildman–Crippen LogP) is 2.06. The maximum Gasteiger partial charge on any atom is 0.337 e. The lowest BCUT2D eigenvalue weighted by molar-refractivity contribution is 0.0698. The summed E-state index contributed by atoms with van der Waals surface area (Å²) in [5.74, 6) is -1.01. The maximum atomic E-state index is 11.0. The summed E-state index contributed by atoms with van der Waals surface area (Å²) in [6.07, 6.45) is 7.47. The predicted molar refractivity (Wildman–Crippen MR) is 77.8 cm³/mol. The number of nitrogen functional groups attached to an aromatic ring is 1. The summed E-state index contributed by atoms with van der Waals surface area (Å²) in [7, 11) is 0. The summed E-state index contributed by atoms with van der Waals surface area (Å²) < 4.78 is 2.03. The lowest BCUT2D eigenvalue weighted by Gasteiger charge is -2.11. The highest BCUT2D eigenvalue weighted by Crippen LogP contribution is 2.22. The van der Waals surface area contributed by atoms with Gasteiger partial charge in [0, 0.05) is 25.5 Å². The van der Waals surface area contributed by atoms with Crippen LogP contribution in [0, 0.1) is 0 Å². The molecule has 20 heavy (non-hydrogen) atoms. The molecule has 106 valence electrons. The molecule has 4 N–H and O–H groups in total. The van der Waals surface area contributed by atoms with Crippen LogP contribution in [-0.4, -0.2) is 27.2 Å². The standard InChI is InChI=1S/C14H18N4O2/c15-13-11(14(19)20)4-3-5-12(13)17-6-1-2-8-18-9-7-16-10-18/h3-5,7,9-10,17H,1-2,6,8,15H2,(H,19,20). The van der Waals surface area contributed by atoms with E-state index in [-0.39, 0.29) is 11.3 Å². The molecule has 1 heterocycles. The molecular weight excluding hydrogens is 256 g/mol. The molecule has 0 bridgehead atoms. The van der Waals surface area contributed by atoms with Crippen molar-refractivity contribution in [3.05, 3.63) is 42.5 Å². The van der Waals surface area contributed by atoms with E-state index in [1.165, 1.54) is 6.07 Å². The molecule has 0 aliphatic carbocycles. The first kappa shape index (κ1) is 13.9. The molecule has 6 heteroatoms. The molecule has 0 unspecified atom stereocenters. The zero-order chi connectivity index (χ0) is 14.4. The van der Waals surface area contributed by atoms with Gasteiger partial charge in [0.25, 0.3) is 0 Å². The smallest absolute Gasteiger partial charge is 0.337 e. The molecule has 0 fully saturated rings. The van der Waals surface area contributed by atoms with Crippen molar-refractivity contribution in [2.24, 2.45) is 0 Å². The number of imidazole rings is 1. The van der Waals surface area contributed by atoms with Gasteiger partial charge >= 0.3 is 5.97 Å². The van der Waals surface area contributed by atoms with Crippen LogP contribution in [0.15, 0.2) is 36.9 Å². The molecule has 0 aliphatic rings. The SMILES string of the molecule is Nc1c(NCCCCn2ccnc2)cccc1C(=O)O. The zero-order valence-corrected chi connectivity index (χ0v) is 11.1. The Bertz CT molecular complexity index is 567. The van der Waals surface area contributed by atoms with Crippen LogP contribution in [0.25, 0.3) is 0 Å². The number of hydrogen-bond acceptors (Lipinski definition) is 4. The van der Waals surface area contributed by atoms with Gasteiger partial charge in [-0.05, 0) is 25.0 Å². The summed E-state index contributed by atoms with van der Waals surface area (Å²) in [6.45, 7) is 1.67. The Morgan fingerprint density at radius 2 is 2.25 bits per heavy atom. The first-order valence-electron chi connectivity index (χ1n) is 6.50. The third-order valence-electron chi connectivity index (χ3n) is 3.05.